The van der Waals surface area contributed by atoms with E-state index in [0.717, 1.165) is 45.2 Å². The standard InChI is InChI=1S/C17H23FN2O/c18-15-5-1-12(2-6-15)13-3-7-16(8-4-13)20-10-9-14(11-20)17(19)21/h1-2,5-6,13-14,16H,3-4,7-11H2,(H2,19,21)/t13?,14-,16?/m1/s1. The molecule has 0 bridgehead atoms. The third-order valence-corrected chi connectivity index (χ3v) is 5.18. The van der Waals surface area contributed by atoms with Crippen LogP contribution in [0.5, 0.6) is 0 Å². The molecule has 1 aromatic rings. The summed E-state index contributed by atoms with van der Waals surface area (Å²) < 4.78 is 13.0. The number of nitrogens with two attached hydrogens (primary N) is 1. The second kappa shape index (κ2) is 6.14. The first-order chi connectivity index (χ1) is 10.1. The quantitative estimate of drug-likeness (QED) is 0.930. The first kappa shape index (κ1) is 14.5. The van der Waals surface area contributed by atoms with Gasteiger partial charge in [-0.25, -0.2) is 4.39 Å². The van der Waals surface area contributed by atoms with Gasteiger partial charge in [-0.05, 0) is 62.3 Å². The zero-order valence-corrected chi connectivity index (χ0v) is 12.3. The molecule has 1 aliphatic heterocycles. The molecule has 0 radical (unpaired) electrons. The number of nitrogens with zero attached hydrogens (tertiary/aromatic N) is 1. The topological polar surface area (TPSA) is 46.3 Å². The Hall–Kier alpha value is -1.42. The largest absolute Gasteiger partial charge is 0.369 e. The fourth-order valence-corrected chi connectivity index (χ4v) is 3.86. The molecule has 1 saturated heterocycles. The van der Waals surface area contributed by atoms with Gasteiger partial charge < -0.3 is 5.73 Å². The van der Waals surface area contributed by atoms with Crippen molar-refractivity contribution in [2.45, 2.75) is 44.1 Å². The van der Waals surface area contributed by atoms with Crippen molar-refractivity contribution in [2.24, 2.45) is 11.7 Å². The number of hydrogen-bond acceptors (Lipinski definition) is 2. The smallest absolute Gasteiger partial charge is 0.221 e. The molecule has 0 spiro atoms. The number of primary amides is 1. The number of hydrogen-bond donors (Lipinski definition) is 1. The van der Waals surface area contributed by atoms with Gasteiger partial charge in [-0.1, -0.05) is 12.1 Å². The van der Waals surface area contributed by atoms with E-state index in [4.69, 9.17) is 5.73 Å². The fraction of sp³-hybridized carbons (Fsp3) is 0.588. The van der Waals surface area contributed by atoms with Crippen LogP contribution in [0.3, 0.4) is 0 Å². The molecule has 1 aromatic carbocycles. The average Bonchev–Trinajstić information content (AvgIpc) is 2.98. The Kier molecular flexibility index (Phi) is 4.24. The van der Waals surface area contributed by atoms with Crippen LogP contribution in [0.15, 0.2) is 24.3 Å². The predicted octanol–water partition coefficient (Wildman–Crippen LogP) is 2.66. The number of amides is 1. The minimum absolute atomic E-state index is 0.0415. The number of carbonyl (C=O) groups is 1. The minimum Gasteiger partial charge on any atom is -0.369 e. The maximum atomic E-state index is 13.0. The Balaban J connectivity index is 1.53. The number of rotatable bonds is 3. The molecule has 4 heteroatoms. The summed E-state index contributed by atoms with van der Waals surface area (Å²) >= 11 is 0. The third kappa shape index (κ3) is 3.26. The molecule has 1 atom stereocenters. The Labute approximate surface area is 125 Å². The lowest BCUT2D eigenvalue weighted by Crippen LogP contribution is -2.37. The second-order valence-electron chi connectivity index (χ2n) is 6.44. The monoisotopic (exact) mass is 290 g/mol. The van der Waals surface area contributed by atoms with Crippen molar-refractivity contribution in [3.63, 3.8) is 0 Å². The molecule has 1 heterocycles. The second-order valence-corrected chi connectivity index (χ2v) is 6.44. The highest BCUT2D eigenvalue weighted by atomic mass is 19.1. The Morgan fingerprint density at radius 3 is 2.33 bits per heavy atom. The summed E-state index contributed by atoms with van der Waals surface area (Å²) in [5.74, 6) is 0.274. The highest BCUT2D eigenvalue weighted by Crippen LogP contribution is 2.36. The molecule has 3 nitrogen and oxygen atoms in total. The maximum Gasteiger partial charge on any atom is 0.221 e. The molecule has 1 amide bonds. The van der Waals surface area contributed by atoms with Crippen LogP contribution >= 0.6 is 0 Å². The van der Waals surface area contributed by atoms with Gasteiger partial charge in [-0.3, -0.25) is 9.69 Å². The van der Waals surface area contributed by atoms with Crippen LogP contribution in [0, 0.1) is 11.7 Å². The van der Waals surface area contributed by atoms with E-state index in [1.165, 1.54) is 5.56 Å². The van der Waals surface area contributed by atoms with Crippen molar-refractivity contribution in [1.29, 1.82) is 0 Å². The van der Waals surface area contributed by atoms with Crippen LogP contribution in [0.1, 0.15) is 43.6 Å². The molecule has 0 aromatic heterocycles. The molecular formula is C17H23FN2O. The molecule has 2 fully saturated rings. The molecule has 114 valence electrons. The van der Waals surface area contributed by atoms with Crippen LogP contribution in [-0.4, -0.2) is 29.9 Å². The molecule has 2 aliphatic rings. The fourth-order valence-electron chi connectivity index (χ4n) is 3.86. The van der Waals surface area contributed by atoms with Gasteiger partial charge in [0.25, 0.3) is 0 Å². The average molecular weight is 290 g/mol. The zero-order valence-electron chi connectivity index (χ0n) is 12.3. The van der Waals surface area contributed by atoms with Gasteiger partial charge in [-0.2, -0.15) is 0 Å². The third-order valence-electron chi connectivity index (χ3n) is 5.18. The van der Waals surface area contributed by atoms with Gasteiger partial charge >= 0.3 is 0 Å². The number of carbonyl (C=O) groups excluding carboxylic acids is 1. The SMILES string of the molecule is NC(=O)[C@@H]1CCN(C2CCC(c3ccc(F)cc3)CC2)C1. The molecule has 21 heavy (non-hydrogen) atoms. The van der Waals surface area contributed by atoms with Gasteiger partial charge in [0.2, 0.25) is 5.91 Å². The van der Waals surface area contributed by atoms with E-state index in [0.29, 0.717) is 12.0 Å². The predicted molar refractivity (Wildman–Crippen MR) is 80.3 cm³/mol. The van der Waals surface area contributed by atoms with Crippen LogP contribution in [0.4, 0.5) is 4.39 Å². The lowest BCUT2D eigenvalue weighted by atomic mass is 9.81. The van der Waals surface area contributed by atoms with Crippen molar-refractivity contribution in [3.05, 3.63) is 35.6 Å². The molecular weight excluding hydrogens is 267 g/mol. The van der Waals surface area contributed by atoms with E-state index in [1.54, 1.807) is 12.1 Å². The summed E-state index contributed by atoms with van der Waals surface area (Å²) in [5.41, 5.74) is 6.66. The first-order valence-corrected chi connectivity index (χ1v) is 7.92. The van der Waals surface area contributed by atoms with Gasteiger partial charge in [0.1, 0.15) is 5.82 Å². The summed E-state index contributed by atoms with van der Waals surface area (Å²) in [6.45, 7) is 1.83. The van der Waals surface area contributed by atoms with Crippen LogP contribution in [0.2, 0.25) is 0 Å². The summed E-state index contributed by atoms with van der Waals surface area (Å²) in [7, 11) is 0. The highest BCUT2D eigenvalue weighted by Gasteiger charge is 2.33. The van der Waals surface area contributed by atoms with Crippen molar-refractivity contribution in [2.75, 3.05) is 13.1 Å². The number of likely N-dealkylation sites (tertiary alicyclic amines) is 1. The summed E-state index contributed by atoms with van der Waals surface area (Å²) in [5, 5.41) is 0. The van der Waals surface area contributed by atoms with Crippen molar-refractivity contribution in [3.8, 4) is 0 Å². The van der Waals surface area contributed by atoms with E-state index in [9.17, 15) is 9.18 Å². The van der Waals surface area contributed by atoms with Crippen molar-refractivity contribution >= 4 is 5.91 Å². The van der Waals surface area contributed by atoms with Crippen molar-refractivity contribution < 1.29 is 9.18 Å². The molecule has 0 unspecified atom stereocenters. The highest BCUT2D eigenvalue weighted by molar-refractivity contribution is 5.77. The van der Waals surface area contributed by atoms with Gasteiger partial charge in [-0.15, -0.1) is 0 Å². The molecule has 1 aliphatic carbocycles. The summed E-state index contributed by atoms with van der Waals surface area (Å²) in [6.07, 6.45) is 5.52. The van der Waals surface area contributed by atoms with Crippen LogP contribution in [0.25, 0.3) is 0 Å². The Morgan fingerprint density at radius 1 is 1.10 bits per heavy atom. The van der Waals surface area contributed by atoms with Crippen molar-refractivity contribution in [1.82, 2.24) is 4.90 Å². The maximum absolute atomic E-state index is 13.0. The number of benzene rings is 1. The zero-order chi connectivity index (χ0) is 14.8. The molecule has 3 rings (SSSR count). The van der Waals surface area contributed by atoms with E-state index in [2.05, 4.69) is 4.90 Å². The normalized spacial score (nSPS) is 30.4. The first-order valence-electron chi connectivity index (χ1n) is 7.92. The lowest BCUT2D eigenvalue weighted by molar-refractivity contribution is -0.121. The summed E-state index contributed by atoms with van der Waals surface area (Å²) in [4.78, 5) is 13.7. The summed E-state index contributed by atoms with van der Waals surface area (Å²) in [6, 6.07) is 7.53. The van der Waals surface area contributed by atoms with E-state index >= 15 is 0 Å². The Bertz CT molecular complexity index is 494. The van der Waals surface area contributed by atoms with E-state index < -0.39 is 0 Å². The van der Waals surface area contributed by atoms with Crippen LogP contribution < -0.4 is 5.73 Å². The Morgan fingerprint density at radius 2 is 1.76 bits per heavy atom. The van der Waals surface area contributed by atoms with E-state index in [1.807, 2.05) is 12.1 Å². The van der Waals surface area contributed by atoms with Crippen LogP contribution in [-0.2, 0) is 4.79 Å². The number of halogens is 1. The van der Waals surface area contributed by atoms with Gasteiger partial charge in [0, 0.05) is 12.6 Å². The molecule has 2 N–H and O–H groups in total. The van der Waals surface area contributed by atoms with Gasteiger partial charge in [0.05, 0.1) is 5.92 Å². The lowest BCUT2D eigenvalue weighted by Gasteiger charge is -2.34. The molecule has 1 saturated carbocycles. The minimum atomic E-state index is -0.165. The van der Waals surface area contributed by atoms with Gasteiger partial charge in [0.15, 0.2) is 0 Å². The van der Waals surface area contributed by atoms with E-state index in [-0.39, 0.29) is 17.6 Å².